The summed E-state index contributed by atoms with van der Waals surface area (Å²) in [5.74, 6) is -0.667. The van der Waals surface area contributed by atoms with Crippen LogP contribution < -0.4 is 11.5 Å². The molecule has 8 heteroatoms. The van der Waals surface area contributed by atoms with E-state index < -0.39 is 17.8 Å². The van der Waals surface area contributed by atoms with Crippen molar-refractivity contribution in [1.82, 2.24) is 9.97 Å². The van der Waals surface area contributed by atoms with Crippen LogP contribution in [-0.2, 0) is 12.7 Å². The minimum Gasteiger partial charge on any atom is -0.366 e. The SMILES string of the molecule is NCc1cc(-c2ccc(C(F)(F)F)nc2)ncc1C(N)=O. The van der Waals surface area contributed by atoms with E-state index in [2.05, 4.69) is 9.97 Å². The van der Waals surface area contributed by atoms with E-state index in [1.807, 2.05) is 0 Å². The Morgan fingerprint density at radius 1 is 1.19 bits per heavy atom. The number of carbonyl (C=O) groups is 1. The van der Waals surface area contributed by atoms with E-state index >= 15 is 0 Å². The van der Waals surface area contributed by atoms with Gasteiger partial charge >= 0.3 is 6.18 Å². The highest BCUT2D eigenvalue weighted by atomic mass is 19.4. The molecule has 0 aliphatic rings. The highest BCUT2D eigenvalue weighted by molar-refractivity contribution is 5.94. The summed E-state index contributed by atoms with van der Waals surface area (Å²) < 4.78 is 37.3. The molecule has 4 N–H and O–H groups in total. The molecule has 0 atom stereocenters. The zero-order chi connectivity index (χ0) is 15.6. The van der Waals surface area contributed by atoms with Crippen molar-refractivity contribution < 1.29 is 18.0 Å². The molecule has 2 aromatic heterocycles. The second-order valence-electron chi connectivity index (χ2n) is 4.22. The molecule has 0 saturated heterocycles. The molecule has 0 spiro atoms. The van der Waals surface area contributed by atoms with Crippen molar-refractivity contribution >= 4 is 5.91 Å². The molecule has 0 bridgehead atoms. The maximum absolute atomic E-state index is 12.4. The number of hydrogen-bond donors (Lipinski definition) is 2. The Hall–Kier alpha value is -2.48. The minimum atomic E-state index is -4.50. The third-order valence-electron chi connectivity index (χ3n) is 2.82. The number of hydrogen-bond acceptors (Lipinski definition) is 4. The summed E-state index contributed by atoms with van der Waals surface area (Å²) in [6.07, 6.45) is -2.18. The number of nitrogens with zero attached hydrogens (tertiary/aromatic N) is 2. The number of pyridine rings is 2. The number of alkyl halides is 3. The zero-order valence-electron chi connectivity index (χ0n) is 10.7. The molecule has 2 heterocycles. The molecule has 2 rings (SSSR count). The standard InChI is InChI=1S/C13H11F3N4O/c14-13(15,16)11-2-1-7(5-20-11)10-3-8(4-17)9(6-19-10)12(18)21/h1-3,5-6H,4,17H2,(H2,18,21). The van der Waals surface area contributed by atoms with Crippen molar-refractivity contribution in [3.8, 4) is 11.3 Å². The molecule has 21 heavy (non-hydrogen) atoms. The molecule has 0 unspecified atom stereocenters. The third kappa shape index (κ3) is 3.16. The van der Waals surface area contributed by atoms with Crippen LogP contribution in [-0.4, -0.2) is 15.9 Å². The van der Waals surface area contributed by atoms with Gasteiger partial charge in [-0.25, -0.2) is 0 Å². The van der Waals surface area contributed by atoms with E-state index in [0.717, 1.165) is 12.3 Å². The van der Waals surface area contributed by atoms with E-state index in [9.17, 15) is 18.0 Å². The van der Waals surface area contributed by atoms with Crippen molar-refractivity contribution in [2.75, 3.05) is 0 Å². The van der Waals surface area contributed by atoms with Gasteiger partial charge < -0.3 is 11.5 Å². The fourth-order valence-electron chi connectivity index (χ4n) is 1.76. The van der Waals surface area contributed by atoms with E-state index in [1.54, 1.807) is 0 Å². The van der Waals surface area contributed by atoms with E-state index in [4.69, 9.17) is 11.5 Å². The number of nitrogens with two attached hydrogens (primary N) is 2. The van der Waals surface area contributed by atoms with Crippen LogP contribution in [0.15, 0.2) is 30.6 Å². The number of aromatic nitrogens is 2. The van der Waals surface area contributed by atoms with Crippen molar-refractivity contribution in [3.63, 3.8) is 0 Å². The maximum Gasteiger partial charge on any atom is 0.433 e. The van der Waals surface area contributed by atoms with Gasteiger partial charge in [0.2, 0.25) is 0 Å². The first-order valence-electron chi connectivity index (χ1n) is 5.85. The Bertz CT molecular complexity index is 668. The first-order chi connectivity index (χ1) is 9.82. The summed E-state index contributed by atoms with van der Waals surface area (Å²) in [6.45, 7) is 0.0574. The van der Waals surface area contributed by atoms with Crippen LogP contribution in [0, 0.1) is 0 Å². The van der Waals surface area contributed by atoms with Crippen molar-refractivity contribution in [1.29, 1.82) is 0 Å². The van der Waals surface area contributed by atoms with Crippen molar-refractivity contribution in [3.05, 3.63) is 47.4 Å². The quantitative estimate of drug-likeness (QED) is 0.901. The number of rotatable bonds is 3. The summed E-state index contributed by atoms with van der Waals surface area (Å²) in [6, 6.07) is 3.62. The van der Waals surface area contributed by atoms with Gasteiger partial charge in [0.1, 0.15) is 5.69 Å². The molecular weight excluding hydrogens is 285 g/mol. The van der Waals surface area contributed by atoms with Gasteiger partial charge in [0.15, 0.2) is 0 Å². The van der Waals surface area contributed by atoms with E-state index in [-0.39, 0.29) is 12.1 Å². The zero-order valence-corrected chi connectivity index (χ0v) is 10.7. The van der Waals surface area contributed by atoms with Gasteiger partial charge in [-0.15, -0.1) is 0 Å². The van der Waals surface area contributed by atoms with E-state index in [0.29, 0.717) is 16.8 Å². The third-order valence-corrected chi connectivity index (χ3v) is 2.82. The molecule has 0 aromatic carbocycles. The van der Waals surface area contributed by atoms with Gasteiger partial charge in [-0.3, -0.25) is 14.8 Å². The monoisotopic (exact) mass is 296 g/mol. The smallest absolute Gasteiger partial charge is 0.366 e. The van der Waals surface area contributed by atoms with Crippen LogP contribution in [0.4, 0.5) is 13.2 Å². The molecule has 0 saturated carbocycles. The molecule has 2 aromatic rings. The lowest BCUT2D eigenvalue weighted by Gasteiger charge is -2.09. The fourth-order valence-corrected chi connectivity index (χ4v) is 1.76. The van der Waals surface area contributed by atoms with Gasteiger partial charge in [-0.05, 0) is 23.8 Å². The average Bonchev–Trinajstić information content (AvgIpc) is 2.45. The van der Waals surface area contributed by atoms with Gasteiger partial charge in [0.25, 0.3) is 5.91 Å². The van der Waals surface area contributed by atoms with Crippen LogP contribution in [0.3, 0.4) is 0 Å². The van der Waals surface area contributed by atoms with Crippen LogP contribution in [0.5, 0.6) is 0 Å². The van der Waals surface area contributed by atoms with E-state index in [1.165, 1.54) is 18.3 Å². The van der Waals surface area contributed by atoms with Crippen molar-refractivity contribution in [2.45, 2.75) is 12.7 Å². The average molecular weight is 296 g/mol. The molecule has 1 amide bonds. The normalized spacial score (nSPS) is 11.4. The van der Waals surface area contributed by atoms with Crippen LogP contribution in [0.1, 0.15) is 21.6 Å². The summed E-state index contributed by atoms with van der Waals surface area (Å²) in [5, 5.41) is 0. The number of primary amides is 1. The lowest BCUT2D eigenvalue weighted by Crippen LogP contribution is -2.16. The topological polar surface area (TPSA) is 94.9 Å². The molecule has 0 fully saturated rings. The molecule has 110 valence electrons. The maximum atomic E-state index is 12.4. The Labute approximate surface area is 117 Å². The van der Waals surface area contributed by atoms with Gasteiger partial charge in [0.05, 0.1) is 11.3 Å². The Morgan fingerprint density at radius 3 is 2.38 bits per heavy atom. The molecular formula is C13H11F3N4O. The summed E-state index contributed by atoms with van der Waals surface area (Å²) >= 11 is 0. The predicted molar refractivity (Wildman–Crippen MR) is 68.9 cm³/mol. The highest BCUT2D eigenvalue weighted by Crippen LogP contribution is 2.28. The second kappa shape index (κ2) is 5.49. The first-order valence-corrected chi connectivity index (χ1v) is 5.85. The second-order valence-corrected chi connectivity index (χ2v) is 4.22. The Balaban J connectivity index is 2.41. The fraction of sp³-hybridized carbons (Fsp3) is 0.154. The van der Waals surface area contributed by atoms with Crippen LogP contribution >= 0.6 is 0 Å². The lowest BCUT2D eigenvalue weighted by molar-refractivity contribution is -0.141. The lowest BCUT2D eigenvalue weighted by atomic mass is 10.1. The largest absolute Gasteiger partial charge is 0.433 e. The molecule has 0 radical (unpaired) electrons. The summed E-state index contributed by atoms with van der Waals surface area (Å²) in [7, 11) is 0. The van der Waals surface area contributed by atoms with Crippen LogP contribution in [0.25, 0.3) is 11.3 Å². The van der Waals surface area contributed by atoms with Gasteiger partial charge in [-0.1, -0.05) is 0 Å². The molecule has 0 aliphatic carbocycles. The molecule has 0 aliphatic heterocycles. The number of amides is 1. The first kappa shape index (κ1) is 14.9. The van der Waals surface area contributed by atoms with Gasteiger partial charge in [0, 0.05) is 24.5 Å². The number of halogens is 3. The Kier molecular flexibility index (Phi) is 3.90. The Morgan fingerprint density at radius 2 is 1.90 bits per heavy atom. The molecule has 5 nitrogen and oxygen atoms in total. The van der Waals surface area contributed by atoms with Crippen LogP contribution in [0.2, 0.25) is 0 Å². The minimum absolute atomic E-state index is 0.0574. The highest BCUT2D eigenvalue weighted by Gasteiger charge is 2.32. The number of carbonyl (C=O) groups excluding carboxylic acids is 1. The predicted octanol–water partition coefficient (Wildman–Crippen LogP) is 1.72. The van der Waals surface area contributed by atoms with Gasteiger partial charge in [-0.2, -0.15) is 13.2 Å². The summed E-state index contributed by atoms with van der Waals surface area (Å²) in [4.78, 5) is 18.5. The van der Waals surface area contributed by atoms with Crippen molar-refractivity contribution in [2.24, 2.45) is 11.5 Å². The summed E-state index contributed by atoms with van der Waals surface area (Å²) in [5.41, 5.74) is 11.1.